The second-order valence-corrected chi connectivity index (χ2v) is 8.59. The van der Waals surface area contributed by atoms with Crippen LogP contribution in [0.4, 0.5) is 5.69 Å². The first-order valence-electron chi connectivity index (χ1n) is 11.8. The number of aliphatic hydroxyl groups is 1. The van der Waals surface area contributed by atoms with Gasteiger partial charge >= 0.3 is 0 Å². The van der Waals surface area contributed by atoms with E-state index in [1.807, 2.05) is 54.6 Å². The van der Waals surface area contributed by atoms with Crippen molar-refractivity contribution in [2.45, 2.75) is 12.6 Å². The maximum Gasteiger partial charge on any atom is 0.269 e. The van der Waals surface area contributed by atoms with E-state index in [0.717, 1.165) is 33.6 Å². The molecular weight excluding hydrogens is 448 g/mol. The molecule has 0 spiro atoms. The van der Waals surface area contributed by atoms with E-state index < -0.39 is 11.0 Å². The lowest BCUT2D eigenvalue weighted by atomic mass is 9.98. The molecule has 5 nitrogen and oxygen atoms in total. The van der Waals surface area contributed by atoms with Gasteiger partial charge in [0.2, 0.25) is 11.4 Å². The Morgan fingerprint density at radius 2 is 1.14 bits per heavy atom. The molecule has 0 radical (unpaired) electrons. The summed E-state index contributed by atoms with van der Waals surface area (Å²) < 4.78 is 2.10. The number of aliphatic hydroxyl groups excluding tert-OH is 1. The Kier molecular flexibility index (Phi) is 6.65. The molecule has 1 heterocycles. The summed E-state index contributed by atoms with van der Waals surface area (Å²) >= 11 is 0. The van der Waals surface area contributed by atoms with Gasteiger partial charge in [-0.3, -0.25) is 10.1 Å². The van der Waals surface area contributed by atoms with Crippen LogP contribution in [0.1, 0.15) is 11.7 Å². The lowest BCUT2D eigenvalue weighted by Crippen LogP contribution is -2.41. The normalized spacial score (nSPS) is 11.7. The minimum atomic E-state index is -0.942. The second kappa shape index (κ2) is 10.3. The Morgan fingerprint density at radius 3 is 1.64 bits per heavy atom. The Hall–Kier alpha value is -4.61. The van der Waals surface area contributed by atoms with E-state index in [-0.39, 0.29) is 12.2 Å². The highest BCUT2D eigenvalue weighted by molar-refractivity contribution is 5.73. The number of hydrogen-bond donors (Lipinski definition) is 1. The van der Waals surface area contributed by atoms with E-state index in [1.165, 1.54) is 12.1 Å². The molecule has 0 aliphatic heterocycles. The highest BCUT2D eigenvalue weighted by Gasteiger charge is 2.26. The van der Waals surface area contributed by atoms with Crippen LogP contribution in [0.3, 0.4) is 0 Å². The lowest BCUT2D eigenvalue weighted by Gasteiger charge is -2.15. The third-order valence-electron chi connectivity index (χ3n) is 6.23. The minimum absolute atomic E-state index is 0.0393. The van der Waals surface area contributed by atoms with Gasteiger partial charge in [-0.15, -0.1) is 0 Å². The third-order valence-corrected chi connectivity index (χ3v) is 6.23. The fourth-order valence-electron chi connectivity index (χ4n) is 4.44. The van der Waals surface area contributed by atoms with Gasteiger partial charge in [-0.05, 0) is 41.0 Å². The van der Waals surface area contributed by atoms with Gasteiger partial charge in [0.1, 0.15) is 6.10 Å². The maximum absolute atomic E-state index is 11.3. The summed E-state index contributed by atoms with van der Waals surface area (Å²) in [7, 11) is 0. The molecule has 0 fully saturated rings. The van der Waals surface area contributed by atoms with Crippen molar-refractivity contribution in [3.8, 4) is 33.6 Å². The fourth-order valence-corrected chi connectivity index (χ4v) is 4.44. The molecule has 5 rings (SSSR count). The van der Waals surface area contributed by atoms with Crippen molar-refractivity contribution in [3.63, 3.8) is 0 Å². The van der Waals surface area contributed by atoms with E-state index in [4.69, 9.17) is 0 Å². The molecule has 1 N–H and O–H groups in total. The molecule has 1 atom stereocenters. The molecule has 1 aromatic heterocycles. The van der Waals surface area contributed by atoms with Crippen LogP contribution in [0.25, 0.3) is 33.6 Å². The predicted octanol–water partition coefficient (Wildman–Crippen LogP) is 6.62. The highest BCUT2D eigenvalue weighted by Crippen LogP contribution is 2.30. The summed E-state index contributed by atoms with van der Waals surface area (Å²) in [5, 5.41) is 22.6. The van der Waals surface area contributed by atoms with Crippen LogP contribution in [-0.2, 0) is 6.54 Å². The first-order chi connectivity index (χ1) is 17.6. The molecule has 5 aromatic rings. The molecule has 0 aliphatic rings. The van der Waals surface area contributed by atoms with Crippen molar-refractivity contribution in [3.05, 3.63) is 143 Å². The van der Waals surface area contributed by atoms with E-state index in [2.05, 4.69) is 53.1 Å². The van der Waals surface area contributed by atoms with Crippen LogP contribution in [0.2, 0.25) is 0 Å². The highest BCUT2D eigenvalue weighted by atomic mass is 16.6. The summed E-state index contributed by atoms with van der Waals surface area (Å²) in [6, 6.07) is 40.8. The van der Waals surface area contributed by atoms with Gasteiger partial charge in [0.05, 0.1) is 4.92 Å². The molecule has 0 saturated carbocycles. The summed E-state index contributed by atoms with van der Waals surface area (Å²) in [6.45, 7) is 0.227. The van der Waals surface area contributed by atoms with Crippen LogP contribution in [-0.4, -0.2) is 10.0 Å². The average Bonchev–Trinajstić information content (AvgIpc) is 2.94. The van der Waals surface area contributed by atoms with Crippen molar-refractivity contribution in [1.82, 2.24) is 0 Å². The number of nitrogens with zero attached hydrogens (tertiary/aromatic N) is 2. The van der Waals surface area contributed by atoms with Gasteiger partial charge in [-0.2, -0.15) is 4.57 Å². The number of aromatic nitrogens is 1. The van der Waals surface area contributed by atoms with Crippen molar-refractivity contribution >= 4 is 5.69 Å². The van der Waals surface area contributed by atoms with Crippen molar-refractivity contribution in [2.24, 2.45) is 0 Å². The topological polar surface area (TPSA) is 67.2 Å². The van der Waals surface area contributed by atoms with Crippen LogP contribution in [0, 0.1) is 10.1 Å². The van der Waals surface area contributed by atoms with Crippen LogP contribution < -0.4 is 4.57 Å². The minimum Gasteiger partial charge on any atom is -0.382 e. The quantitative estimate of drug-likeness (QED) is 0.164. The molecule has 0 amide bonds. The van der Waals surface area contributed by atoms with Crippen molar-refractivity contribution in [2.75, 3.05) is 0 Å². The number of nitro benzene ring substituents is 1. The Labute approximate surface area is 209 Å². The third kappa shape index (κ3) is 4.92. The van der Waals surface area contributed by atoms with Crippen LogP contribution in [0.15, 0.2) is 127 Å². The molecule has 0 saturated heterocycles. The zero-order valence-electron chi connectivity index (χ0n) is 19.6. The Bertz CT molecular complexity index is 1430. The lowest BCUT2D eigenvalue weighted by molar-refractivity contribution is -0.683. The summed E-state index contributed by atoms with van der Waals surface area (Å²) in [6.07, 6.45) is -0.942. The number of pyridine rings is 1. The zero-order chi connectivity index (χ0) is 24.9. The van der Waals surface area contributed by atoms with E-state index in [9.17, 15) is 15.2 Å². The van der Waals surface area contributed by atoms with Crippen molar-refractivity contribution < 1.29 is 14.6 Å². The predicted molar refractivity (Wildman–Crippen MR) is 141 cm³/mol. The average molecular weight is 474 g/mol. The van der Waals surface area contributed by atoms with E-state index >= 15 is 0 Å². The number of nitro groups is 1. The molecule has 4 aromatic carbocycles. The van der Waals surface area contributed by atoms with Crippen LogP contribution >= 0.6 is 0 Å². The van der Waals surface area contributed by atoms with E-state index in [0.29, 0.717) is 5.56 Å². The summed E-state index contributed by atoms with van der Waals surface area (Å²) in [4.78, 5) is 10.9. The maximum atomic E-state index is 11.3. The number of rotatable bonds is 7. The summed E-state index contributed by atoms with van der Waals surface area (Å²) in [5.74, 6) is 0. The zero-order valence-corrected chi connectivity index (χ0v) is 19.6. The Morgan fingerprint density at radius 1 is 0.639 bits per heavy atom. The monoisotopic (exact) mass is 473 g/mol. The fraction of sp³-hybridized carbons (Fsp3) is 0.0645. The molecule has 0 aliphatic carbocycles. The molecule has 176 valence electrons. The van der Waals surface area contributed by atoms with E-state index in [1.54, 1.807) is 12.1 Å². The van der Waals surface area contributed by atoms with Gasteiger partial charge in [0.25, 0.3) is 5.69 Å². The van der Waals surface area contributed by atoms with Gasteiger partial charge in [0.15, 0.2) is 6.54 Å². The Balaban J connectivity index is 1.71. The number of benzene rings is 4. The molecule has 1 unspecified atom stereocenters. The molecule has 0 bridgehead atoms. The number of non-ortho nitro benzene ring substituents is 1. The van der Waals surface area contributed by atoms with Gasteiger partial charge in [-0.25, -0.2) is 0 Å². The first kappa shape index (κ1) is 23.1. The molecule has 36 heavy (non-hydrogen) atoms. The van der Waals surface area contributed by atoms with Gasteiger partial charge < -0.3 is 5.11 Å². The molecule has 5 heteroatoms. The molecular formula is C31H25N2O3+. The SMILES string of the molecule is O=[N+]([O-])c1cccc(C(O)C[n+]2c(-c3ccccc3)cc(-c3ccccc3)cc2-c2ccccc2)c1. The van der Waals surface area contributed by atoms with Crippen LogP contribution in [0.5, 0.6) is 0 Å². The van der Waals surface area contributed by atoms with Crippen molar-refractivity contribution in [1.29, 1.82) is 0 Å². The second-order valence-electron chi connectivity index (χ2n) is 8.59. The first-order valence-corrected chi connectivity index (χ1v) is 11.8. The van der Waals surface area contributed by atoms with Gasteiger partial charge in [0, 0.05) is 35.4 Å². The smallest absolute Gasteiger partial charge is 0.269 e. The largest absolute Gasteiger partial charge is 0.382 e. The summed E-state index contributed by atoms with van der Waals surface area (Å²) in [5.41, 5.74) is 6.54. The van der Waals surface area contributed by atoms with Gasteiger partial charge in [-0.1, -0.05) is 78.9 Å². The standard InChI is InChI=1S/C31H25N2O3/c34-31(26-17-10-18-28(19-26)33(35)36)22-32-29(24-13-6-2-7-14-24)20-27(23-11-4-1-5-12-23)21-30(32)25-15-8-3-9-16-25/h1-21,31,34H,22H2/q+1. The number of hydrogen-bond acceptors (Lipinski definition) is 3.